The summed E-state index contributed by atoms with van der Waals surface area (Å²) in [5.74, 6) is -0.405. The van der Waals surface area contributed by atoms with Crippen LogP contribution in [-0.2, 0) is 16.0 Å². The highest BCUT2D eigenvalue weighted by molar-refractivity contribution is 6.30. The van der Waals surface area contributed by atoms with Gasteiger partial charge in [0.1, 0.15) is 5.02 Å². The van der Waals surface area contributed by atoms with E-state index in [1.165, 1.54) is 13.2 Å². The standard InChI is InChI=1S/C8H8ClNO3/c1-13-7(11)4-5-2-3-6(9)8(12)10-5/h2-3H,4H2,1H3,(H,10,12). The zero-order chi connectivity index (χ0) is 9.84. The first-order valence-electron chi connectivity index (χ1n) is 3.58. The van der Waals surface area contributed by atoms with Crippen LogP contribution in [0.3, 0.4) is 0 Å². The average molecular weight is 202 g/mol. The van der Waals surface area contributed by atoms with Crippen molar-refractivity contribution in [3.63, 3.8) is 0 Å². The van der Waals surface area contributed by atoms with Crippen LogP contribution in [0.5, 0.6) is 0 Å². The molecule has 0 spiro atoms. The lowest BCUT2D eigenvalue weighted by Gasteiger charge is -1.99. The van der Waals surface area contributed by atoms with Gasteiger partial charge in [0.15, 0.2) is 0 Å². The van der Waals surface area contributed by atoms with Crippen LogP contribution >= 0.6 is 11.6 Å². The molecule has 0 unspecified atom stereocenters. The third kappa shape index (κ3) is 2.59. The molecule has 0 aliphatic heterocycles. The number of esters is 1. The van der Waals surface area contributed by atoms with Gasteiger partial charge in [0.2, 0.25) is 0 Å². The van der Waals surface area contributed by atoms with Gasteiger partial charge in [-0.15, -0.1) is 0 Å². The number of halogens is 1. The molecule has 1 aromatic rings. The number of carbonyl (C=O) groups is 1. The Bertz CT molecular complexity index is 372. The number of carbonyl (C=O) groups excluding carboxylic acids is 1. The zero-order valence-corrected chi connectivity index (χ0v) is 7.72. The number of nitrogens with one attached hydrogen (secondary N) is 1. The summed E-state index contributed by atoms with van der Waals surface area (Å²) in [6.45, 7) is 0. The fraction of sp³-hybridized carbons (Fsp3) is 0.250. The summed E-state index contributed by atoms with van der Waals surface area (Å²) >= 11 is 5.49. The monoisotopic (exact) mass is 201 g/mol. The van der Waals surface area contributed by atoms with Crippen molar-refractivity contribution in [2.45, 2.75) is 6.42 Å². The van der Waals surface area contributed by atoms with E-state index in [2.05, 4.69) is 9.72 Å². The molecule has 0 aliphatic rings. The van der Waals surface area contributed by atoms with Crippen molar-refractivity contribution in [3.05, 3.63) is 33.2 Å². The Morgan fingerprint density at radius 1 is 1.62 bits per heavy atom. The maximum absolute atomic E-state index is 11.0. The lowest BCUT2D eigenvalue weighted by Crippen LogP contribution is -2.13. The number of aromatic nitrogens is 1. The van der Waals surface area contributed by atoms with Crippen LogP contribution in [0.1, 0.15) is 5.69 Å². The summed E-state index contributed by atoms with van der Waals surface area (Å²) in [6.07, 6.45) is 0.0446. The van der Waals surface area contributed by atoms with Crippen molar-refractivity contribution in [3.8, 4) is 0 Å². The molecule has 0 radical (unpaired) electrons. The van der Waals surface area contributed by atoms with E-state index in [9.17, 15) is 9.59 Å². The highest BCUT2D eigenvalue weighted by Gasteiger charge is 2.04. The topological polar surface area (TPSA) is 59.2 Å². The highest BCUT2D eigenvalue weighted by Crippen LogP contribution is 2.01. The van der Waals surface area contributed by atoms with E-state index in [4.69, 9.17) is 11.6 Å². The number of pyridine rings is 1. The number of aromatic amines is 1. The molecular formula is C8H8ClNO3. The third-order valence-electron chi connectivity index (χ3n) is 1.48. The first kappa shape index (κ1) is 9.80. The van der Waals surface area contributed by atoms with Crippen molar-refractivity contribution in [2.24, 2.45) is 0 Å². The minimum absolute atomic E-state index is 0.0446. The second kappa shape index (κ2) is 4.09. The molecule has 1 heterocycles. The van der Waals surface area contributed by atoms with Crippen LogP contribution in [0.15, 0.2) is 16.9 Å². The third-order valence-corrected chi connectivity index (χ3v) is 1.78. The number of H-pyrrole nitrogens is 1. The van der Waals surface area contributed by atoms with Gasteiger partial charge < -0.3 is 9.72 Å². The second-order valence-corrected chi connectivity index (χ2v) is 2.82. The van der Waals surface area contributed by atoms with Gasteiger partial charge in [-0.05, 0) is 12.1 Å². The minimum Gasteiger partial charge on any atom is -0.469 e. The van der Waals surface area contributed by atoms with Crippen LogP contribution in [-0.4, -0.2) is 18.1 Å². The SMILES string of the molecule is COC(=O)Cc1ccc(Cl)c(=O)[nH]1. The number of methoxy groups -OCH3 is 1. The molecule has 0 bridgehead atoms. The Morgan fingerprint density at radius 3 is 2.85 bits per heavy atom. The normalized spacial score (nSPS) is 9.69. The molecule has 0 atom stereocenters. The molecule has 0 fully saturated rings. The summed E-state index contributed by atoms with van der Waals surface area (Å²) in [4.78, 5) is 24.2. The minimum atomic E-state index is -0.405. The van der Waals surface area contributed by atoms with Gasteiger partial charge in [-0.2, -0.15) is 0 Å². The Morgan fingerprint density at radius 2 is 2.31 bits per heavy atom. The molecule has 13 heavy (non-hydrogen) atoms. The molecule has 1 rings (SSSR count). The van der Waals surface area contributed by atoms with E-state index >= 15 is 0 Å². The predicted octanol–water partition coefficient (Wildman–Crippen LogP) is 0.744. The first-order chi connectivity index (χ1) is 6.13. The van der Waals surface area contributed by atoms with Gasteiger partial charge >= 0.3 is 5.97 Å². The summed E-state index contributed by atoms with van der Waals surface area (Å²) in [7, 11) is 1.29. The van der Waals surface area contributed by atoms with Crippen LogP contribution in [0.25, 0.3) is 0 Å². The average Bonchev–Trinajstić information content (AvgIpc) is 2.11. The Labute approximate surface area is 79.5 Å². The van der Waals surface area contributed by atoms with Crippen molar-refractivity contribution in [1.82, 2.24) is 4.98 Å². The number of rotatable bonds is 2. The van der Waals surface area contributed by atoms with Gasteiger partial charge in [0, 0.05) is 5.69 Å². The molecule has 70 valence electrons. The highest BCUT2D eigenvalue weighted by atomic mass is 35.5. The molecule has 0 amide bonds. The fourth-order valence-corrected chi connectivity index (χ4v) is 0.938. The Kier molecular flexibility index (Phi) is 3.08. The molecular weight excluding hydrogens is 194 g/mol. The van der Waals surface area contributed by atoms with Crippen LogP contribution in [0.4, 0.5) is 0 Å². The van der Waals surface area contributed by atoms with Crippen molar-refractivity contribution in [2.75, 3.05) is 7.11 Å². The molecule has 1 N–H and O–H groups in total. The molecule has 0 saturated carbocycles. The van der Waals surface area contributed by atoms with E-state index in [0.29, 0.717) is 5.69 Å². The summed E-state index contributed by atoms with van der Waals surface area (Å²) in [6, 6.07) is 3.01. The fourth-order valence-electron chi connectivity index (χ4n) is 0.827. The van der Waals surface area contributed by atoms with E-state index in [1.54, 1.807) is 6.07 Å². The van der Waals surface area contributed by atoms with E-state index in [1.807, 2.05) is 0 Å². The molecule has 5 heteroatoms. The van der Waals surface area contributed by atoms with Gasteiger partial charge in [-0.25, -0.2) is 0 Å². The van der Waals surface area contributed by atoms with Crippen molar-refractivity contribution >= 4 is 17.6 Å². The Hall–Kier alpha value is -1.29. The Balaban J connectivity index is 2.86. The lowest BCUT2D eigenvalue weighted by molar-refractivity contribution is -0.139. The van der Waals surface area contributed by atoms with Gasteiger partial charge in [-0.1, -0.05) is 11.6 Å². The predicted molar refractivity (Wildman–Crippen MR) is 47.8 cm³/mol. The molecule has 0 aliphatic carbocycles. The van der Waals surface area contributed by atoms with Crippen molar-refractivity contribution < 1.29 is 9.53 Å². The number of hydrogen-bond acceptors (Lipinski definition) is 3. The molecule has 1 aromatic heterocycles. The van der Waals surface area contributed by atoms with Crippen LogP contribution < -0.4 is 5.56 Å². The second-order valence-electron chi connectivity index (χ2n) is 2.41. The van der Waals surface area contributed by atoms with E-state index in [-0.39, 0.29) is 11.4 Å². The summed E-state index contributed by atoms with van der Waals surface area (Å²) < 4.78 is 4.43. The molecule has 4 nitrogen and oxygen atoms in total. The van der Waals surface area contributed by atoms with Gasteiger partial charge in [0.05, 0.1) is 13.5 Å². The number of hydrogen-bond donors (Lipinski definition) is 1. The lowest BCUT2D eigenvalue weighted by atomic mass is 10.3. The quantitative estimate of drug-likeness (QED) is 0.719. The van der Waals surface area contributed by atoms with Crippen LogP contribution in [0, 0.1) is 0 Å². The van der Waals surface area contributed by atoms with Crippen LogP contribution in [0.2, 0.25) is 5.02 Å². The number of ether oxygens (including phenoxy) is 1. The summed E-state index contributed by atoms with van der Waals surface area (Å²) in [5, 5.41) is 0.105. The maximum atomic E-state index is 11.0. The van der Waals surface area contributed by atoms with Crippen molar-refractivity contribution in [1.29, 1.82) is 0 Å². The molecule has 0 aromatic carbocycles. The summed E-state index contributed by atoms with van der Waals surface area (Å²) in [5.41, 5.74) is 0.0873. The smallest absolute Gasteiger partial charge is 0.311 e. The van der Waals surface area contributed by atoms with E-state index < -0.39 is 11.5 Å². The first-order valence-corrected chi connectivity index (χ1v) is 3.96. The zero-order valence-electron chi connectivity index (χ0n) is 6.96. The maximum Gasteiger partial charge on any atom is 0.311 e. The van der Waals surface area contributed by atoms with Gasteiger partial charge in [-0.3, -0.25) is 9.59 Å². The molecule has 0 saturated heterocycles. The van der Waals surface area contributed by atoms with Gasteiger partial charge in [0.25, 0.3) is 5.56 Å². The van der Waals surface area contributed by atoms with E-state index in [0.717, 1.165) is 0 Å². The largest absolute Gasteiger partial charge is 0.469 e.